The number of rotatable bonds is 2. The summed E-state index contributed by atoms with van der Waals surface area (Å²) >= 11 is 8.18. The highest BCUT2D eigenvalue weighted by molar-refractivity contribution is 8.00. The summed E-state index contributed by atoms with van der Waals surface area (Å²) < 4.78 is 2.37. The van der Waals surface area contributed by atoms with Crippen LogP contribution < -0.4 is 4.90 Å². The van der Waals surface area contributed by atoms with E-state index in [1.54, 1.807) is 0 Å². The molecule has 0 aromatic carbocycles. The van der Waals surface area contributed by atoms with Crippen LogP contribution in [0.3, 0.4) is 0 Å². The summed E-state index contributed by atoms with van der Waals surface area (Å²) in [5, 5.41) is 0. The Balaban J connectivity index is 2.04. The number of halogens is 1. The lowest BCUT2D eigenvalue weighted by atomic mass is 10.2. The van der Waals surface area contributed by atoms with Crippen LogP contribution in [-0.4, -0.2) is 33.0 Å². The molecule has 1 aliphatic heterocycles. The van der Waals surface area contributed by atoms with Gasteiger partial charge in [0, 0.05) is 29.8 Å². The zero-order valence-corrected chi connectivity index (χ0v) is 12.8. The van der Waals surface area contributed by atoms with Gasteiger partial charge in [-0.1, -0.05) is 6.07 Å². The predicted octanol–water partition coefficient (Wildman–Crippen LogP) is 3.40. The third-order valence-corrected chi connectivity index (χ3v) is 5.01. The highest BCUT2D eigenvalue weighted by Crippen LogP contribution is 2.33. The molecule has 102 valence electrons. The molecule has 0 unspecified atom stereocenters. The van der Waals surface area contributed by atoms with E-state index in [0.29, 0.717) is 5.88 Å². The lowest BCUT2D eigenvalue weighted by molar-refractivity contribution is 0.642. The van der Waals surface area contributed by atoms with Crippen LogP contribution in [0.15, 0.2) is 24.4 Å². The molecule has 3 heterocycles. The van der Waals surface area contributed by atoms with Crippen LogP contribution in [0.2, 0.25) is 0 Å². The topological polar surface area (TPSA) is 20.5 Å². The average molecular weight is 296 g/mol. The summed E-state index contributed by atoms with van der Waals surface area (Å²) in [6, 6.07) is 6.06. The van der Waals surface area contributed by atoms with Crippen molar-refractivity contribution in [2.24, 2.45) is 0 Å². The van der Waals surface area contributed by atoms with E-state index in [1.807, 2.05) is 36.2 Å². The van der Waals surface area contributed by atoms with Crippen molar-refractivity contribution in [1.29, 1.82) is 0 Å². The number of imidazole rings is 1. The third-order valence-electron chi connectivity index (χ3n) is 3.46. The monoisotopic (exact) mass is 295 g/mol. The van der Waals surface area contributed by atoms with E-state index in [1.165, 1.54) is 0 Å². The first-order valence-electron chi connectivity index (χ1n) is 6.51. The minimum atomic E-state index is 0.275. The van der Waals surface area contributed by atoms with Crippen LogP contribution in [0.25, 0.3) is 5.65 Å². The molecule has 3 nitrogen and oxygen atoms in total. The maximum absolute atomic E-state index is 6.15. The van der Waals surface area contributed by atoms with Gasteiger partial charge in [-0.05, 0) is 26.0 Å². The molecule has 0 atom stereocenters. The average Bonchev–Trinajstić information content (AvgIpc) is 2.76. The van der Waals surface area contributed by atoms with Crippen molar-refractivity contribution in [3.8, 4) is 0 Å². The summed E-state index contributed by atoms with van der Waals surface area (Å²) in [6.45, 7) is 6.65. The van der Waals surface area contributed by atoms with Crippen molar-refractivity contribution < 1.29 is 0 Å². The summed E-state index contributed by atoms with van der Waals surface area (Å²) in [5.41, 5.74) is 2.07. The van der Waals surface area contributed by atoms with Crippen LogP contribution in [0.1, 0.15) is 19.5 Å². The molecule has 0 amide bonds. The Morgan fingerprint density at radius 1 is 1.42 bits per heavy atom. The van der Waals surface area contributed by atoms with Gasteiger partial charge in [0.25, 0.3) is 0 Å². The number of hydrogen-bond acceptors (Lipinski definition) is 3. The molecule has 0 N–H and O–H groups in total. The number of thioether (sulfide) groups is 1. The first kappa shape index (κ1) is 13.1. The Kier molecular flexibility index (Phi) is 3.39. The second kappa shape index (κ2) is 4.91. The smallest absolute Gasteiger partial charge is 0.152 e. The van der Waals surface area contributed by atoms with Gasteiger partial charge in [0.05, 0.1) is 11.6 Å². The van der Waals surface area contributed by atoms with Crippen LogP contribution in [0.5, 0.6) is 0 Å². The molecule has 1 aliphatic rings. The fourth-order valence-electron chi connectivity index (χ4n) is 2.61. The second-order valence-corrected chi connectivity index (χ2v) is 7.54. The summed E-state index contributed by atoms with van der Waals surface area (Å²) in [6.07, 6.45) is 2.04. The molecule has 0 bridgehead atoms. The fourth-order valence-corrected chi connectivity index (χ4v) is 3.97. The van der Waals surface area contributed by atoms with Gasteiger partial charge in [-0.3, -0.25) is 0 Å². The number of aromatic nitrogens is 2. The van der Waals surface area contributed by atoms with E-state index in [9.17, 15) is 0 Å². The maximum atomic E-state index is 6.15. The van der Waals surface area contributed by atoms with Crippen LogP contribution in [-0.2, 0) is 5.88 Å². The molecule has 2 aromatic heterocycles. The Bertz CT molecular complexity index is 593. The molecule has 5 heteroatoms. The van der Waals surface area contributed by atoms with E-state index in [4.69, 9.17) is 16.6 Å². The normalized spacial score (nSPS) is 19.0. The van der Waals surface area contributed by atoms with Crippen molar-refractivity contribution in [3.63, 3.8) is 0 Å². The maximum Gasteiger partial charge on any atom is 0.152 e. The fraction of sp³-hybridized carbons (Fsp3) is 0.500. The van der Waals surface area contributed by atoms with E-state index < -0.39 is 0 Å². The summed E-state index contributed by atoms with van der Waals surface area (Å²) in [7, 11) is 0. The third kappa shape index (κ3) is 2.43. The lowest BCUT2D eigenvalue weighted by Gasteiger charge is -2.38. The molecule has 1 fully saturated rings. The molecular formula is C14H18ClN3S. The van der Waals surface area contributed by atoms with E-state index in [0.717, 1.165) is 36.0 Å². The van der Waals surface area contributed by atoms with Gasteiger partial charge in [0.2, 0.25) is 0 Å². The molecule has 19 heavy (non-hydrogen) atoms. The van der Waals surface area contributed by atoms with E-state index in [2.05, 4.69) is 23.1 Å². The number of fused-ring (bicyclic) bond motifs is 1. The zero-order valence-electron chi connectivity index (χ0n) is 11.3. The first-order valence-corrected chi connectivity index (χ1v) is 8.03. The van der Waals surface area contributed by atoms with Crippen LogP contribution in [0, 0.1) is 0 Å². The lowest BCUT2D eigenvalue weighted by Crippen LogP contribution is -2.43. The molecule has 0 saturated carbocycles. The molecule has 1 saturated heterocycles. The quantitative estimate of drug-likeness (QED) is 0.792. The summed E-state index contributed by atoms with van der Waals surface area (Å²) in [5.74, 6) is 2.68. The standard InChI is InChI=1S/C14H18ClN3S/c1-14(2)10-17(7-8-19-14)13-11(9-15)18-6-4-3-5-12(18)16-13/h3-6H,7-10H2,1-2H3. The number of nitrogens with zero attached hydrogens (tertiary/aromatic N) is 3. The van der Waals surface area contributed by atoms with E-state index in [-0.39, 0.29) is 4.75 Å². The Morgan fingerprint density at radius 3 is 3.00 bits per heavy atom. The predicted molar refractivity (Wildman–Crippen MR) is 83.5 cm³/mol. The summed E-state index contributed by atoms with van der Waals surface area (Å²) in [4.78, 5) is 7.14. The minimum Gasteiger partial charge on any atom is -0.353 e. The van der Waals surface area contributed by atoms with Crippen LogP contribution in [0.4, 0.5) is 5.82 Å². The number of pyridine rings is 1. The molecule has 2 aromatic rings. The Morgan fingerprint density at radius 2 is 2.26 bits per heavy atom. The largest absolute Gasteiger partial charge is 0.353 e. The van der Waals surface area contributed by atoms with Crippen LogP contribution >= 0.6 is 23.4 Å². The number of alkyl halides is 1. The Hall–Kier alpha value is -0.870. The van der Waals surface area contributed by atoms with Gasteiger partial charge >= 0.3 is 0 Å². The van der Waals surface area contributed by atoms with Crippen molar-refractivity contribution in [1.82, 2.24) is 9.38 Å². The van der Waals surface area contributed by atoms with Gasteiger partial charge in [0.1, 0.15) is 5.65 Å². The second-order valence-electron chi connectivity index (χ2n) is 5.47. The molecular weight excluding hydrogens is 278 g/mol. The molecule has 0 aliphatic carbocycles. The van der Waals surface area contributed by atoms with Crippen molar-refractivity contribution in [3.05, 3.63) is 30.1 Å². The van der Waals surface area contributed by atoms with Gasteiger partial charge in [-0.2, -0.15) is 11.8 Å². The number of anilines is 1. The van der Waals surface area contributed by atoms with Crippen molar-refractivity contribution in [2.45, 2.75) is 24.5 Å². The minimum absolute atomic E-state index is 0.275. The highest BCUT2D eigenvalue weighted by atomic mass is 35.5. The highest BCUT2D eigenvalue weighted by Gasteiger charge is 2.29. The molecule has 0 radical (unpaired) electrons. The zero-order chi connectivity index (χ0) is 13.5. The SMILES string of the molecule is CC1(C)CN(c2nc3ccccn3c2CCl)CCS1. The van der Waals surface area contributed by atoms with Crippen molar-refractivity contribution >= 4 is 34.8 Å². The molecule has 3 rings (SSSR count). The Labute approximate surface area is 123 Å². The number of hydrogen-bond donors (Lipinski definition) is 0. The van der Waals surface area contributed by atoms with Gasteiger partial charge in [-0.15, -0.1) is 11.6 Å². The van der Waals surface area contributed by atoms with Crippen molar-refractivity contribution in [2.75, 3.05) is 23.7 Å². The first-order chi connectivity index (χ1) is 9.11. The van der Waals surface area contributed by atoms with Gasteiger partial charge in [-0.25, -0.2) is 4.98 Å². The van der Waals surface area contributed by atoms with E-state index >= 15 is 0 Å². The van der Waals surface area contributed by atoms with Gasteiger partial charge in [0.15, 0.2) is 5.82 Å². The molecule has 0 spiro atoms. The van der Waals surface area contributed by atoms with Gasteiger partial charge < -0.3 is 9.30 Å².